The van der Waals surface area contributed by atoms with Crippen LogP contribution in [0, 0.1) is 18.7 Å². The van der Waals surface area contributed by atoms with Crippen molar-refractivity contribution in [3.8, 4) is 0 Å². The highest BCUT2D eigenvalue weighted by Crippen LogP contribution is 2.48. The van der Waals surface area contributed by atoms with Crippen molar-refractivity contribution in [1.82, 2.24) is 9.97 Å². The van der Waals surface area contributed by atoms with E-state index in [0.717, 1.165) is 40.6 Å². The molecular formula is C23H27FN2O. The monoisotopic (exact) mass is 366 g/mol. The van der Waals surface area contributed by atoms with E-state index in [1.165, 1.54) is 6.07 Å². The largest absolute Gasteiger partial charge is 0.389 e. The first kappa shape index (κ1) is 18.2. The molecule has 0 bridgehead atoms. The van der Waals surface area contributed by atoms with Crippen molar-refractivity contribution in [1.29, 1.82) is 0 Å². The molecule has 0 spiro atoms. The molecule has 0 saturated heterocycles. The van der Waals surface area contributed by atoms with Crippen LogP contribution in [-0.2, 0) is 11.8 Å². The van der Waals surface area contributed by atoms with Crippen molar-refractivity contribution in [2.75, 3.05) is 0 Å². The van der Waals surface area contributed by atoms with Gasteiger partial charge in [0.1, 0.15) is 5.82 Å². The molecule has 2 aromatic heterocycles. The van der Waals surface area contributed by atoms with Crippen LogP contribution >= 0.6 is 0 Å². The first-order valence-electron chi connectivity index (χ1n) is 9.67. The Morgan fingerprint density at radius 2 is 2.00 bits per heavy atom. The van der Waals surface area contributed by atoms with Crippen molar-refractivity contribution < 1.29 is 9.50 Å². The highest BCUT2D eigenvalue weighted by molar-refractivity contribution is 5.79. The van der Waals surface area contributed by atoms with E-state index in [-0.39, 0.29) is 11.2 Å². The lowest BCUT2D eigenvalue weighted by Gasteiger charge is -2.38. The summed E-state index contributed by atoms with van der Waals surface area (Å²) in [5, 5.41) is 12.8. The zero-order valence-electron chi connectivity index (χ0n) is 16.2. The van der Waals surface area contributed by atoms with Crippen molar-refractivity contribution in [2.45, 2.75) is 57.5 Å². The topological polar surface area (TPSA) is 48.9 Å². The number of nitrogens with one attached hydrogen (secondary N) is 1. The average molecular weight is 366 g/mol. The number of aliphatic hydroxyl groups is 1. The van der Waals surface area contributed by atoms with Crippen LogP contribution < -0.4 is 0 Å². The molecule has 4 rings (SSSR count). The van der Waals surface area contributed by atoms with Gasteiger partial charge in [-0.25, -0.2) is 4.39 Å². The molecule has 2 N–H and O–H groups in total. The van der Waals surface area contributed by atoms with Crippen LogP contribution in [0.4, 0.5) is 4.39 Å². The van der Waals surface area contributed by atoms with Gasteiger partial charge in [0, 0.05) is 23.7 Å². The molecule has 1 fully saturated rings. The van der Waals surface area contributed by atoms with Gasteiger partial charge in [0.05, 0.1) is 17.3 Å². The molecule has 0 amide bonds. The maximum Gasteiger partial charge on any atom is 0.123 e. The molecule has 2 heterocycles. The standard InChI is InChI=1S/C23H27FN2O/c1-15-4-7-18(24)11-20(15)22(2,3)14-23(27,17-5-6-17)12-19-10-16-8-9-25-13-21(16)26-19/h4,7-11,13,17,26-27H,5-6,12,14H2,1-3H3. The zero-order chi connectivity index (χ0) is 19.2. The molecule has 3 aromatic rings. The van der Waals surface area contributed by atoms with Crippen molar-refractivity contribution in [3.63, 3.8) is 0 Å². The molecule has 3 nitrogen and oxygen atoms in total. The van der Waals surface area contributed by atoms with Gasteiger partial charge in [0.25, 0.3) is 0 Å². The molecule has 1 atom stereocenters. The minimum absolute atomic E-state index is 0.221. The van der Waals surface area contributed by atoms with Crippen LogP contribution in [0.2, 0.25) is 0 Å². The fourth-order valence-corrected chi connectivity index (χ4v) is 4.61. The van der Waals surface area contributed by atoms with Crippen LogP contribution in [0.1, 0.15) is 49.9 Å². The van der Waals surface area contributed by atoms with Gasteiger partial charge >= 0.3 is 0 Å². The number of hydrogen-bond donors (Lipinski definition) is 2. The summed E-state index contributed by atoms with van der Waals surface area (Å²) in [5.41, 5.74) is 2.93. The molecule has 27 heavy (non-hydrogen) atoms. The lowest BCUT2D eigenvalue weighted by atomic mass is 9.71. The number of aromatic nitrogens is 2. The van der Waals surface area contributed by atoms with Gasteiger partial charge in [0.15, 0.2) is 0 Å². The first-order valence-corrected chi connectivity index (χ1v) is 9.67. The van der Waals surface area contributed by atoms with Crippen LogP contribution in [0.25, 0.3) is 10.9 Å². The quantitative estimate of drug-likeness (QED) is 0.640. The molecule has 1 unspecified atom stereocenters. The predicted molar refractivity (Wildman–Crippen MR) is 106 cm³/mol. The molecule has 0 aliphatic heterocycles. The third-order valence-electron chi connectivity index (χ3n) is 5.99. The number of aryl methyl sites for hydroxylation is 1. The second-order valence-electron chi connectivity index (χ2n) is 8.83. The van der Waals surface area contributed by atoms with E-state index < -0.39 is 5.60 Å². The Labute approximate surface area is 159 Å². The SMILES string of the molecule is Cc1ccc(F)cc1C(C)(C)CC(O)(Cc1cc2ccncc2[nH]1)C1CC1. The second-order valence-corrected chi connectivity index (χ2v) is 8.83. The molecule has 0 radical (unpaired) electrons. The summed E-state index contributed by atoms with van der Waals surface area (Å²) in [6.07, 6.45) is 6.87. The predicted octanol–water partition coefficient (Wildman–Crippen LogP) is 5.06. The third kappa shape index (κ3) is 3.63. The maximum atomic E-state index is 13.9. The first-order chi connectivity index (χ1) is 12.8. The highest BCUT2D eigenvalue weighted by Gasteiger charge is 2.47. The van der Waals surface area contributed by atoms with E-state index in [0.29, 0.717) is 18.8 Å². The Hall–Kier alpha value is -2.20. The van der Waals surface area contributed by atoms with E-state index >= 15 is 0 Å². The summed E-state index contributed by atoms with van der Waals surface area (Å²) in [5.74, 6) is 0.0805. The van der Waals surface area contributed by atoms with Crippen LogP contribution in [-0.4, -0.2) is 20.7 Å². The van der Waals surface area contributed by atoms with E-state index in [1.807, 2.05) is 25.3 Å². The number of H-pyrrole nitrogens is 1. The summed E-state index contributed by atoms with van der Waals surface area (Å²) >= 11 is 0. The minimum atomic E-state index is -0.809. The fraction of sp³-hybridized carbons (Fsp3) is 0.435. The smallest absolute Gasteiger partial charge is 0.123 e. The Bertz CT molecular complexity index is 940. The zero-order valence-corrected chi connectivity index (χ0v) is 16.2. The van der Waals surface area contributed by atoms with Crippen LogP contribution in [0.5, 0.6) is 0 Å². The molecular weight excluding hydrogens is 339 g/mol. The highest BCUT2D eigenvalue weighted by atomic mass is 19.1. The van der Waals surface area contributed by atoms with E-state index in [9.17, 15) is 9.50 Å². The molecule has 1 saturated carbocycles. The number of pyridine rings is 1. The Balaban J connectivity index is 1.64. The Morgan fingerprint density at radius 1 is 1.22 bits per heavy atom. The number of hydrogen-bond acceptors (Lipinski definition) is 2. The molecule has 1 aliphatic rings. The maximum absolute atomic E-state index is 13.9. The number of nitrogens with zero attached hydrogens (tertiary/aromatic N) is 1. The molecule has 1 aliphatic carbocycles. The number of halogens is 1. The average Bonchev–Trinajstić information content (AvgIpc) is 3.38. The fourth-order valence-electron chi connectivity index (χ4n) is 4.61. The second kappa shape index (κ2) is 6.45. The number of fused-ring (bicyclic) bond motifs is 1. The van der Waals surface area contributed by atoms with Gasteiger partial charge in [-0.05, 0) is 72.9 Å². The van der Waals surface area contributed by atoms with Gasteiger partial charge in [0.2, 0.25) is 0 Å². The summed E-state index contributed by atoms with van der Waals surface area (Å²) in [6, 6.07) is 9.03. The number of rotatable bonds is 6. The lowest BCUT2D eigenvalue weighted by molar-refractivity contribution is -0.00876. The van der Waals surface area contributed by atoms with Gasteiger partial charge in [-0.2, -0.15) is 0 Å². The molecule has 142 valence electrons. The van der Waals surface area contributed by atoms with E-state index in [4.69, 9.17) is 0 Å². The number of benzene rings is 1. The Kier molecular flexibility index (Phi) is 4.34. The van der Waals surface area contributed by atoms with E-state index in [1.54, 1.807) is 12.3 Å². The molecule has 1 aromatic carbocycles. The van der Waals surface area contributed by atoms with Crippen molar-refractivity contribution in [3.05, 3.63) is 65.4 Å². The van der Waals surface area contributed by atoms with Gasteiger partial charge in [-0.1, -0.05) is 19.9 Å². The van der Waals surface area contributed by atoms with Crippen LogP contribution in [0.3, 0.4) is 0 Å². The van der Waals surface area contributed by atoms with Gasteiger partial charge in [-0.15, -0.1) is 0 Å². The minimum Gasteiger partial charge on any atom is -0.389 e. The Morgan fingerprint density at radius 3 is 2.70 bits per heavy atom. The summed E-state index contributed by atoms with van der Waals surface area (Å²) in [7, 11) is 0. The lowest BCUT2D eigenvalue weighted by Crippen LogP contribution is -2.41. The number of aromatic amines is 1. The third-order valence-corrected chi connectivity index (χ3v) is 5.99. The van der Waals surface area contributed by atoms with E-state index in [2.05, 4.69) is 29.9 Å². The normalized spacial score (nSPS) is 17.2. The van der Waals surface area contributed by atoms with Crippen LogP contribution in [0.15, 0.2) is 42.7 Å². The summed E-state index contributed by atoms with van der Waals surface area (Å²) in [4.78, 5) is 7.56. The summed E-state index contributed by atoms with van der Waals surface area (Å²) in [6.45, 7) is 6.23. The van der Waals surface area contributed by atoms with Gasteiger partial charge in [-0.3, -0.25) is 4.98 Å². The molecule has 4 heteroatoms. The summed E-state index contributed by atoms with van der Waals surface area (Å²) < 4.78 is 13.9. The van der Waals surface area contributed by atoms with Crippen molar-refractivity contribution in [2.24, 2.45) is 5.92 Å². The van der Waals surface area contributed by atoms with Gasteiger partial charge < -0.3 is 10.1 Å². The van der Waals surface area contributed by atoms with Crippen molar-refractivity contribution >= 4 is 10.9 Å².